The lowest BCUT2D eigenvalue weighted by Gasteiger charge is -2.32. The number of likely N-dealkylation sites (N-methyl/N-ethyl adjacent to an activating group) is 1. The maximum Gasteiger partial charge on any atom is 0.315 e. The maximum atomic E-state index is 15.6. The molecule has 11 nitrogen and oxygen atoms in total. The molecule has 0 saturated heterocycles. The Morgan fingerprint density at radius 2 is 1.77 bits per heavy atom. The quantitative estimate of drug-likeness (QED) is 0.314. The van der Waals surface area contributed by atoms with E-state index in [4.69, 9.17) is 10.5 Å². The molecular formula is C31H45FN6O5S. The third kappa shape index (κ3) is 6.59. The number of anilines is 1. The largest absolute Gasteiger partial charge is 0.382 e. The molecule has 0 spiro atoms. The summed E-state index contributed by atoms with van der Waals surface area (Å²) in [6.45, 7) is 11.6. The number of primary amides is 1. The monoisotopic (exact) mass is 632 g/mol. The van der Waals surface area contributed by atoms with Crippen molar-refractivity contribution in [3.05, 3.63) is 40.5 Å². The van der Waals surface area contributed by atoms with Crippen molar-refractivity contribution in [3.63, 3.8) is 0 Å². The van der Waals surface area contributed by atoms with Crippen molar-refractivity contribution in [3.8, 4) is 5.69 Å². The number of benzene rings is 1. The molecule has 1 fully saturated rings. The van der Waals surface area contributed by atoms with E-state index >= 15 is 4.39 Å². The number of amides is 3. The van der Waals surface area contributed by atoms with Gasteiger partial charge >= 0.3 is 6.03 Å². The second-order valence-electron chi connectivity index (χ2n) is 13.0. The average Bonchev–Trinajstić information content (AvgIpc) is 3.50. The zero-order chi connectivity index (χ0) is 31.8. The summed E-state index contributed by atoms with van der Waals surface area (Å²) < 4.78 is 49.8. The highest BCUT2D eigenvalue weighted by Crippen LogP contribution is 2.44. The number of sulfone groups is 1. The fourth-order valence-electron chi connectivity index (χ4n) is 6.98. The van der Waals surface area contributed by atoms with Gasteiger partial charge in [-0.1, -0.05) is 27.7 Å². The molecule has 0 radical (unpaired) electrons. The molecule has 0 unspecified atom stereocenters. The number of aromatic nitrogens is 1. The van der Waals surface area contributed by atoms with Crippen LogP contribution < -0.4 is 21.7 Å². The lowest BCUT2D eigenvalue weighted by atomic mass is 9.89. The Bertz CT molecular complexity index is 1530. The minimum Gasteiger partial charge on any atom is -0.382 e. The second-order valence-corrected chi connectivity index (χ2v) is 14.9. The van der Waals surface area contributed by atoms with E-state index in [2.05, 4.69) is 34.7 Å². The van der Waals surface area contributed by atoms with Gasteiger partial charge in [-0.05, 0) is 62.7 Å². The smallest absolute Gasteiger partial charge is 0.315 e. The molecule has 242 valence electrons. The fourth-order valence-corrected chi connectivity index (χ4v) is 9.33. The highest BCUT2D eigenvalue weighted by Gasteiger charge is 2.43. The maximum absolute atomic E-state index is 15.6. The third-order valence-corrected chi connectivity index (χ3v) is 11.3. The topological polar surface area (TPSA) is 148 Å². The van der Waals surface area contributed by atoms with Crippen LogP contribution in [0.3, 0.4) is 0 Å². The predicted octanol–water partition coefficient (Wildman–Crippen LogP) is 3.47. The van der Waals surface area contributed by atoms with Crippen LogP contribution in [0.2, 0.25) is 0 Å². The zero-order valence-electron chi connectivity index (χ0n) is 26.1. The average molecular weight is 633 g/mol. The fraction of sp³-hybridized carbons (Fsp3) is 0.613. The number of nitrogens with two attached hydrogens (primary N) is 1. The van der Waals surface area contributed by atoms with E-state index in [1.54, 1.807) is 10.6 Å². The first-order valence-electron chi connectivity index (χ1n) is 15.6. The molecule has 3 heterocycles. The lowest BCUT2D eigenvalue weighted by molar-refractivity contribution is 0.0997. The minimum absolute atomic E-state index is 0.0134. The Hall–Kier alpha value is -3.16. The summed E-state index contributed by atoms with van der Waals surface area (Å²) in [6, 6.07) is 2.69. The normalized spacial score (nSPS) is 21.9. The Kier molecular flexibility index (Phi) is 9.29. The van der Waals surface area contributed by atoms with Crippen molar-refractivity contribution in [2.24, 2.45) is 11.1 Å². The zero-order valence-corrected chi connectivity index (χ0v) is 26.9. The summed E-state index contributed by atoms with van der Waals surface area (Å²) in [5, 5.41) is 9.33. The summed E-state index contributed by atoms with van der Waals surface area (Å²) in [7, 11) is -3.57. The molecule has 3 aliphatic rings. The van der Waals surface area contributed by atoms with Gasteiger partial charge < -0.3 is 35.9 Å². The van der Waals surface area contributed by atoms with Crippen molar-refractivity contribution in [2.45, 2.75) is 90.0 Å². The molecule has 0 bridgehead atoms. The van der Waals surface area contributed by atoms with Gasteiger partial charge in [-0.2, -0.15) is 0 Å². The molecule has 1 aromatic carbocycles. The van der Waals surface area contributed by atoms with Crippen molar-refractivity contribution >= 4 is 27.5 Å². The van der Waals surface area contributed by atoms with Gasteiger partial charge in [0, 0.05) is 36.4 Å². The Balaban J connectivity index is 1.34. The van der Waals surface area contributed by atoms with E-state index in [1.165, 1.54) is 6.07 Å². The number of halogens is 1. The standard InChI is InChI=1S/C31H45FN6O5S/c1-5-37(6-2)12-11-34-30(40)36-20-9-7-19(8-10-20)35-24-14-21(13-23(32)27(24)29(33)39)38-25-15-31(3,4)18-44(41,42)28(25)22-16-43-17-26(22)38/h13-14,19-20,35H,5-12,15-18H2,1-4H3,(H2,33,39)(H2,34,36,40)/t19-,20-. The van der Waals surface area contributed by atoms with Gasteiger partial charge in [0.05, 0.1) is 46.5 Å². The van der Waals surface area contributed by atoms with Crippen LogP contribution in [0.1, 0.15) is 80.7 Å². The molecule has 0 atom stereocenters. The minimum atomic E-state index is -3.57. The van der Waals surface area contributed by atoms with Crippen LogP contribution >= 0.6 is 0 Å². The van der Waals surface area contributed by atoms with Gasteiger partial charge in [0.25, 0.3) is 5.91 Å². The molecule has 5 rings (SSSR count). The molecule has 1 aliphatic carbocycles. The molecule has 2 aromatic rings. The number of rotatable bonds is 10. The first-order chi connectivity index (χ1) is 20.8. The number of hydrogen-bond acceptors (Lipinski definition) is 7. The van der Waals surface area contributed by atoms with Crippen LogP contribution in [-0.4, -0.2) is 73.8 Å². The van der Waals surface area contributed by atoms with Gasteiger partial charge in [-0.3, -0.25) is 4.79 Å². The van der Waals surface area contributed by atoms with Gasteiger partial charge in [0.2, 0.25) is 0 Å². The SMILES string of the molecule is CCN(CC)CCNC(=O)N[C@H]1CC[C@H](Nc2cc(-n3c4c(c5c3CC(C)(C)CS5(=O)=O)COC4)cc(F)c2C(N)=O)CC1. The summed E-state index contributed by atoms with van der Waals surface area (Å²) in [5.74, 6) is -1.64. The number of ether oxygens (including phenoxy) is 1. The Morgan fingerprint density at radius 1 is 1.09 bits per heavy atom. The first-order valence-corrected chi connectivity index (χ1v) is 17.2. The molecule has 2 aliphatic heterocycles. The van der Waals surface area contributed by atoms with E-state index in [0.29, 0.717) is 53.3 Å². The van der Waals surface area contributed by atoms with Crippen molar-refractivity contribution in [2.75, 3.05) is 37.2 Å². The number of urea groups is 1. The summed E-state index contributed by atoms with van der Waals surface area (Å²) >= 11 is 0. The number of fused-ring (bicyclic) bond motifs is 3. The van der Waals surface area contributed by atoms with Crippen LogP contribution in [0.15, 0.2) is 17.0 Å². The summed E-state index contributed by atoms with van der Waals surface area (Å²) in [6.07, 6.45) is 3.33. The van der Waals surface area contributed by atoms with Crippen LogP contribution in [0, 0.1) is 11.2 Å². The number of nitrogens with one attached hydrogen (secondary N) is 3. The predicted molar refractivity (Wildman–Crippen MR) is 166 cm³/mol. The molecule has 1 saturated carbocycles. The third-order valence-electron chi connectivity index (χ3n) is 9.06. The highest BCUT2D eigenvalue weighted by molar-refractivity contribution is 7.91. The number of hydrogen-bond donors (Lipinski definition) is 4. The molecule has 44 heavy (non-hydrogen) atoms. The van der Waals surface area contributed by atoms with Gasteiger partial charge in [-0.15, -0.1) is 0 Å². The van der Waals surface area contributed by atoms with Crippen LogP contribution in [-0.2, 0) is 34.2 Å². The molecular weight excluding hydrogens is 587 g/mol. The number of carbonyl (C=O) groups is 2. The lowest BCUT2D eigenvalue weighted by Crippen LogP contribution is -2.46. The Morgan fingerprint density at radius 3 is 2.43 bits per heavy atom. The van der Waals surface area contributed by atoms with Gasteiger partial charge in [-0.25, -0.2) is 17.6 Å². The molecule has 3 amide bonds. The van der Waals surface area contributed by atoms with E-state index in [1.807, 2.05) is 13.8 Å². The van der Waals surface area contributed by atoms with E-state index in [0.717, 1.165) is 32.5 Å². The number of nitrogens with zero attached hydrogens (tertiary/aromatic N) is 2. The van der Waals surface area contributed by atoms with Crippen LogP contribution in [0.4, 0.5) is 14.9 Å². The van der Waals surface area contributed by atoms with Crippen molar-refractivity contribution < 1.29 is 27.1 Å². The first kappa shape index (κ1) is 32.2. The second kappa shape index (κ2) is 12.7. The van der Waals surface area contributed by atoms with E-state index < -0.39 is 27.0 Å². The summed E-state index contributed by atoms with van der Waals surface area (Å²) in [5.41, 5.74) is 7.53. The van der Waals surface area contributed by atoms with Crippen molar-refractivity contribution in [1.82, 2.24) is 20.1 Å². The van der Waals surface area contributed by atoms with E-state index in [9.17, 15) is 18.0 Å². The van der Waals surface area contributed by atoms with Gasteiger partial charge in [0.15, 0.2) is 9.84 Å². The highest BCUT2D eigenvalue weighted by atomic mass is 32.2. The van der Waals surface area contributed by atoms with Crippen LogP contribution in [0.25, 0.3) is 5.69 Å². The molecule has 5 N–H and O–H groups in total. The number of carbonyl (C=O) groups excluding carboxylic acids is 2. The van der Waals surface area contributed by atoms with Crippen molar-refractivity contribution in [1.29, 1.82) is 0 Å². The molecule has 1 aromatic heterocycles. The van der Waals surface area contributed by atoms with Gasteiger partial charge in [0.1, 0.15) is 5.82 Å². The Labute approximate surface area is 259 Å². The summed E-state index contributed by atoms with van der Waals surface area (Å²) in [4.78, 5) is 27.3. The van der Waals surface area contributed by atoms with E-state index in [-0.39, 0.29) is 48.3 Å². The molecule has 13 heteroatoms. The van der Waals surface area contributed by atoms with Crippen LogP contribution in [0.5, 0.6) is 0 Å².